The van der Waals surface area contributed by atoms with E-state index in [0.29, 0.717) is 0 Å². The first-order chi connectivity index (χ1) is 8.78. The van der Waals surface area contributed by atoms with E-state index in [1.807, 2.05) is 0 Å². The summed E-state index contributed by atoms with van der Waals surface area (Å²) in [4.78, 5) is 23.4. The predicted molar refractivity (Wildman–Crippen MR) is 66.2 cm³/mol. The molecule has 0 amide bonds. The van der Waals surface area contributed by atoms with Crippen LogP contribution in [0.2, 0.25) is 0 Å². The topological polar surface area (TPSA) is 108 Å². The van der Waals surface area contributed by atoms with Crippen LogP contribution in [0.3, 0.4) is 0 Å². The van der Waals surface area contributed by atoms with Gasteiger partial charge >= 0.3 is 0 Å². The van der Waals surface area contributed by atoms with Gasteiger partial charge in [-0.2, -0.15) is 8.42 Å². The Labute approximate surface area is 109 Å². The van der Waals surface area contributed by atoms with E-state index >= 15 is 0 Å². The van der Waals surface area contributed by atoms with Gasteiger partial charge in [-0.15, -0.1) is 0 Å². The lowest BCUT2D eigenvalue weighted by Crippen LogP contribution is -2.20. The van der Waals surface area contributed by atoms with Gasteiger partial charge in [0.2, 0.25) is 5.78 Å². The largest absolute Gasteiger partial charge is 0.395 e. The van der Waals surface area contributed by atoms with Crippen molar-refractivity contribution < 1.29 is 22.2 Å². The summed E-state index contributed by atoms with van der Waals surface area (Å²) in [5, 5.41) is 0. The van der Waals surface area contributed by atoms with Gasteiger partial charge in [0.05, 0.1) is 29.7 Å². The smallest absolute Gasteiger partial charge is 0.264 e. The van der Waals surface area contributed by atoms with Crippen molar-refractivity contribution in [3.05, 3.63) is 35.3 Å². The Kier molecular flexibility index (Phi) is 3.29. The second-order valence-corrected chi connectivity index (χ2v) is 5.79. The van der Waals surface area contributed by atoms with Crippen molar-refractivity contribution in [1.82, 2.24) is 4.57 Å². The van der Waals surface area contributed by atoms with Crippen LogP contribution >= 0.6 is 0 Å². The first kappa shape index (κ1) is 13.5. The van der Waals surface area contributed by atoms with Gasteiger partial charge in [-0.3, -0.25) is 13.8 Å². The van der Waals surface area contributed by atoms with E-state index in [2.05, 4.69) is 4.18 Å². The molecular formula is C11H12N2O5S. The Balaban J connectivity index is 2.16. The van der Waals surface area contributed by atoms with Crippen LogP contribution in [0.5, 0.6) is 0 Å². The van der Waals surface area contributed by atoms with Crippen molar-refractivity contribution in [2.45, 2.75) is 6.54 Å². The molecule has 8 heteroatoms. The molecule has 0 saturated heterocycles. The van der Waals surface area contributed by atoms with Gasteiger partial charge in [0.15, 0.2) is 5.78 Å². The summed E-state index contributed by atoms with van der Waals surface area (Å²) in [5.74, 6) is -0.743. The molecule has 0 radical (unpaired) electrons. The third-order valence-electron chi connectivity index (χ3n) is 2.59. The Morgan fingerprint density at radius 3 is 2.53 bits per heavy atom. The first-order valence-electron chi connectivity index (χ1n) is 5.38. The fraction of sp³-hybridized carbons (Fsp3) is 0.273. The molecule has 7 nitrogen and oxygen atoms in total. The number of ketones is 2. The normalized spacial score (nSPS) is 15.3. The molecule has 0 atom stereocenters. The van der Waals surface area contributed by atoms with Crippen LogP contribution in [-0.4, -0.2) is 37.4 Å². The summed E-state index contributed by atoms with van der Waals surface area (Å²) in [6.45, 7) is 0.137. The third-order valence-corrected chi connectivity index (χ3v) is 3.18. The summed E-state index contributed by atoms with van der Waals surface area (Å²) in [7, 11) is -3.50. The highest BCUT2D eigenvalue weighted by Crippen LogP contribution is 2.20. The van der Waals surface area contributed by atoms with Crippen LogP contribution in [0.15, 0.2) is 24.2 Å². The average Bonchev–Trinajstić information content (AvgIpc) is 2.69. The van der Waals surface area contributed by atoms with Crippen LogP contribution in [0, 0.1) is 0 Å². The molecule has 0 fully saturated rings. The number of nitrogens with two attached hydrogens (primary N) is 1. The molecule has 2 rings (SSSR count). The lowest BCUT2D eigenvalue weighted by atomic mass is 9.98. The van der Waals surface area contributed by atoms with Crippen molar-refractivity contribution in [2.75, 3.05) is 12.9 Å². The zero-order chi connectivity index (χ0) is 14.2. The van der Waals surface area contributed by atoms with Gasteiger partial charge in [0.25, 0.3) is 10.1 Å². The molecule has 0 unspecified atom stereocenters. The number of nitrogens with zero attached hydrogens (tertiary/aromatic N) is 1. The number of carbonyl (C=O) groups excluding carboxylic acids is 2. The summed E-state index contributed by atoms with van der Waals surface area (Å²) in [5.41, 5.74) is 5.82. The van der Waals surface area contributed by atoms with Gasteiger partial charge in [-0.1, -0.05) is 0 Å². The van der Waals surface area contributed by atoms with Gasteiger partial charge in [-0.05, 0) is 0 Å². The lowest BCUT2D eigenvalue weighted by molar-refractivity contribution is 0.0984. The highest BCUT2D eigenvalue weighted by Gasteiger charge is 2.25. The number of rotatable bonds is 4. The molecule has 19 heavy (non-hydrogen) atoms. The van der Waals surface area contributed by atoms with Gasteiger partial charge in [0.1, 0.15) is 0 Å². The molecule has 1 aromatic rings. The number of hydrogen-bond acceptors (Lipinski definition) is 6. The number of carbonyl (C=O) groups is 2. The van der Waals surface area contributed by atoms with Crippen LogP contribution in [-0.2, 0) is 20.8 Å². The van der Waals surface area contributed by atoms with Crippen molar-refractivity contribution in [3.63, 3.8) is 0 Å². The van der Waals surface area contributed by atoms with E-state index < -0.39 is 15.9 Å². The maximum absolute atomic E-state index is 11.7. The molecule has 1 aromatic heterocycles. The van der Waals surface area contributed by atoms with Crippen LogP contribution in [0.25, 0.3) is 0 Å². The first-order valence-corrected chi connectivity index (χ1v) is 7.20. The molecule has 0 aliphatic heterocycles. The molecule has 0 bridgehead atoms. The highest BCUT2D eigenvalue weighted by atomic mass is 32.2. The quantitative estimate of drug-likeness (QED) is 0.759. The molecule has 0 aromatic carbocycles. The molecule has 2 N–H and O–H groups in total. The fourth-order valence-electron chi connectivity index (χ4n) is 1.75. The van der Waals surface area contributed by atoms with E-state index in [1.54, 1.807) is 0 Å². The molecule has 0 saturated carbocycles. The minimum absolute atomic E-state index is 0.0717. The second-order valence-electron chi connectivity index (χ2n) is 4.14. The minimum atomic E-state index is -3.50. The molecule has 1 aliphatic rings. The molecular weight excluding hydrogens is 272 g/mol. The number of allylic oxidation sites excluding steroid dienone is 2. The van der Waals surface area contributed by atoms with Gasteiger partial charge in [0, 0.05) is 25.0 Å². The summed E-state index contributed by atoms with van der Waals surface area (Å²) in [6, 6.07) is 0. The third kappa shape index (κ3) is 2.91. The summed E-state index contributed by atoms with van der Waals surface area (Å²) >= 11 is 0. The van der Waals surface area contributed by atoms with E-state index in [1.165, 1.54) is 17.0 Å². The zero-order valence-electron chi connectivity index (χ0n) is 10.1. The average molecular weight is 284 g/mol. The zero-order valence-corrected chi connectivity index (χ0v) is 10.9. The monoisotopic (exact) mass is 284 g/mol. The van der Waals surface area contributed by atoms with Gasteiger partial charge < -0.3 is 10.3 Å². The van der Waals surface area contributed by atoms with E-state index in [9.17, 15) is 18.0 Å². The Morgan fingerprint density at radius 1 is 1.26 bits per heavy atom. The van der Waals surface area contributed by atoms with Gasteiger partial charge in [-0.25, -0.2) is 0 Å². The number of aromatic nitrogens is 1. The van der Waals surface area contributed by atoms with Crippen molar-refractivity contribution in [2.24, 2.45) is 5.73 Å². The molecule has 1 heterocycles. The number of Topliss-reactive ketones (excluding diaryl/α,β-unsaturated/α-hetero) is 1. The molecule has 1 aliphatic carbocycles. The van der Waals surface area contributed by atoms with E-state index in [-0.39, 0.29) is 35.8 Å². The Bertz CT molecular complexity index is 684. The predicted octanol–water partition coefficient (Wildman–Crippen LogP) is -0.314. The second kappa shape index (κ2) is 4.63. The Hall–Kier alpha value is -1.93. The SMILES string of the molecule is CS(=O)(=O)OCCn1cc2c(c1)C(=O)C(N)=CC2=O. The van der Waals surface area contributed by atoms with Crippen molar-refractivity contribution in [3.8, 4) is 0 Å². The maximum atomic E-state index is 11.7. The summed E-state index contributed by atoms with van der Waals surface area (Å²) in [6.07, 6.45) is 4.97. The fourth-order valence-corrected chi connectivity index (χ4v) is 2.13. The van der Waals surface area contributed by atoms with Crippen LogP contribution in [0.4, 0.5) is 0 Å². The number of hydrogen-bond donors (Lipinski definition) is 1. The van der Waals surface area contributed by atoms with Crippen LogP contribution in [0.1, 0.15) is 20.7 Å². The minimum Gasteiger partial charge on any atom is -0.395 e. The Morgan fingerprint density at radius 2 is 1.89 bits per heavy atom. The standard InChI is InChI=1S/C11H12N2O5S/c1-19(16,17)18-3-2-13-5-7-8(6-13)11(15)9(12)4-10(7)14/h4-6H,2-3,12H2,1H3. The van der Waals surface area contributed by atoms with Crippen LogP contribution < -0.4 is 5.73 Å². The number of fused-ring (bicyclic) bond motifs is 1. The van der Waals surface area contributed by atoms with E-state index in [0.717, 1.165) is 12.3 Å². The van der Waals surface area contributed by atoms with E-state index in [4.69, 9.17) is 5.73 Å². The highest BCUT2D eigenvalue weighted by molar-refractivity contribution is 7.85. The summed E-state index contributed by atoms with van der Waals surface area (Å²) < 4.78 is 27.7. The van der Waals surface area contributed by atoms with Crippen molar-refractivity contribution in [1.29, 1.82) is 0 Å². The lowest BCUT2D eigenvalue weighted by Gasteiger charge is -2.06. The molecule has 0 spiro atoms. The molecule has 102 valence electrons. The van der Waals surface area contributed by atoms with Crippen molar-refractivity contribution >= 4 is 21.7 Å². The maximum Gasteiger partial charge on any atom is 0.264 e.